The van der Waals surface area contributed by atoms with E-state index < -0.39 is 0 Å². The van der Waals surface area contributed by atoms with Crippen LogP contribution in [-0.4, -0.2) is 40.5 Å². The van der Waals surface area contributed by atoms with Crippen LogP contribution in [0.15, 0.2) is 79.0 Å². The van der Waals surface area contributed by atoms with Crippen molar-refractivity contribution >= 4 is 5.91 Å². The molecule has 2 aliphatic rings. The summed E-state index contributed by atoms with van der Waals surface area (Å²) in [5, 5.41) is 3.26. The van der Waals surface area contributed by atoms with Crippen LogP contribution in [0.5, 0.6) is 11.6 Å². The van der Waals surface area contributed by atoms with Crippen LogP contribution in [0.3, 0.4) is 0 Å². The third-order valence-corrected chi connectivity index (χ3v) is 7.13. The fraction of sp³-hybridized carbons (Fsp3) is 0.357. The number of hydrogen-bond acceptors (Lipinski definition) is 4. The van der Waals surface area contributed by atoms with Gasteiger partial charge in [-0.3, -0.25) is 9.69 Å². The lowest BCUT2D eigenvalue weighted by Crippen LogP contribution is -2.59. The second-order valence-electron chi connectivity index (χ2n) is 9.25. The maximum Gasteiger partial charge on any atom is 0.257 e. The number of nitrogens with one attached hydrogen (secondary N) is 1. The van der Waals surface area contributed by atoms with Gasteiger partial charge in [-0.25, -0.2) is 4.98 Å². The maximum atomic E-state index is 13.1. The zero-order valence-electron chi connectivity index (χ0n) is 19.0. The molecule has 5 heteroatoms. The van der Waals surface area contributed by atoms with Gasteiger partial charge in [0, 0.05) is 17.8 Å². The number of rotatable bonds is 7. The Morgan fingerprint density at radius 3 is 2.33 bits per heavy atom. The number of nitrogens with zero attached hydrogens (tertiary/aromatic N) is 2. The molecule has 0 unspecified atom stereocenters. The molecule has 1 amide bonds. The van der Waals surface area contributed by atoms with Crippen LogP contribution in [0.4, 0.5) is 0 Å². The summed E-state index contributed by atoms with van der Waals surface area (Å²) < 4.78 is 5.89. The number of pyridine rings is 1. The Bertz CT molecular complexity index is 1060. The van der Waals surface area contributed by atoms with Crippen molar-refractivity contribution in [1.29, 1.82) is 0 Å². The van der Waals surface area contributed by atoms with E-state index in [1.807, 2.05) is 30.3 Å². The average molecular weight is 442 g/mol. The molecular weight excluding hydrogens is 410 g/mol. The van der Waals surface area contributed by atoms with Crippen LogP contribution < -0.4 is 10.1 Å². The Morgan fingerprint density at radius 1 is 0.970 bits per heavy atom. The molecule has 33 heavy (non-hydrogen) atoms. The van der Waals surface area contributed by atoms with E-state index in [0.717, 1.165) is 32.1 Å². The van der Waals surface area contributed by atoms with Gasteiger partial charge in [0.05, 0.1) is 0 Å². The van der Waals surface area contributed by atoms with Gasteiger partial charge >= 0.3 is 0 Å². The molecule has 1 saturated carbocycles. The highest BCUT2D eigenvalue weighted by atomic mass is 16.5. The Labute approximate surface area is 195 Å². The van der Waals surface area contributed by atoms with Crippen molar-refractivity contribution in [2.45, 2.75) is 50.1 Å². The number of para-hydroxylation sites is 1. The number of likely N-dealkylation sites (tertiary alicyclic amines) is 1. The molecule has 1 aliphatic heterocycles. The smallest absolute Gasteiger partial charge is 0.257 e. The summed E-state index contributed by atoms with van der Waals surface area (Å²) in [4.78, 5) is 20.1. The first-order chi connectivity index (χ1) is 16.2. The number of amides is 1. The Morgan fingerprint density at radius 2 is 1.67 bits per heavy atom. The first-order valence-electron chi connectivity index (χ1n) is 12.0. The quantitative estimate of drug-likeness (QED) is 0.545. The van der Waals surface area contributed by atoms with E-state index in [4.69, 9.17) is 4.74 Å². The van der Waals surface area contributed by atoms with Crippen LogP contribution in [0, 0.1) is 0 Å². The molecule has 3 aromatic rings. The van der Waals surface area contributed by atoms with Crippen LogP contribution in [0.25, 0.3) is 0 Å². The Hall–Kier alpha value is -3.18. The predicted molar refractivity (Wildman–Crippen MR) is 130 cm³/mol. The molecule has 0 bridgehead atoms. The van der Waals surface area contributed by atoms with Gasteiger partial charge in [-0.15, -0.1) is 0 Å². The monoisotopic (exact) mass is 441 g/mol. The Kier molecular flexibility index (Phi) is 6.40. The van der Waals surface area contributed by atoms with Crippen LogP contribution >= 0.6 is 0 Å². The minimum Gasteiger partial charge on any atom is -0.438 e. The summed E-state index contributed by atoms with van der Waals surface area (Å²) >= 11 is 0. The summed E-state index contributed by atoms with van der Waals surface area (Å²) in [5.41, 5.74) is 2.10. The minimum absolute atomic E-state index is 0.112. The summed E-state index contributed by atoms with van der Waals surface area (Å²) in [6, 6.07) is 24.0. The average Bonchev–Trinajstić information content (AvgIpc) is 2.81. The van der Waals surface area contributed by atoms with Gasteiger partial charge in [0.25, 0.3) is 5.91 Å². The molecule has 5 rings (SSSR count). The van der Waals surface area contributed by atoms with Gasteiger partial charge < -0.3 is 10.1 Å². The standard InChI is InChI=1S/C28H31N3O2/c32-26(25-13-7-18-29-27(25)33-24-11-5-2-6-12-24)30-23-14-16-28(17-15-23,31-19-8-20-31)21-22-9-3-1-4-10-22/h1-7,9-13,18,23H,8,14-17,19-21H2,(H,30,32). The SMILES string of the molecule is O=C(NC1CCC(Cc2ccccc2)(N2CCC2)CC1)c1cccnc1Oc1ccccc1. The van der Waals surface area contributed by atoms with Gasteiger partial charge in [0.1, 0.15) is 11.3 Å². The third-order valence-electron chi connectivity index (χ3n) is 7.13. The topological polar surface area (TPSA) is 54.5 Å². The normalized spacial score (nSPS) is 22.8. The molecule has 1 saturated heterocycles. The number of carbonyl (C=O) groups excluding carboxylic acids is 1. The molecule has 0 spiro atoms. The van der Waals surface area contributed by atoms with Crippen LogP contribution in [0.1, 0.15) is 48.0 Å². The van der Waals surface area contributed by atoms with Gasteiger partial charge in [0.15, 0.2) is 0 Å². The van der Waals surface area contributed by atoms with Crippen molar-refractivity contribution < 1.29 is 9.53 Å². The summed E-state index contributed by atoms with van der Waals surface area (Å²) in [7, 11) is 0. The van der Waals surface area contributed by atoms with E-state index in [0.29, 0.717) is 17.2 Å². The fourth-order valence-corrected chi connectivity index (χ4v) is 5.18. The van der Waals surface area contributed by atoms with E-state index in [-0.39, 0.29) is 17.5 Å². The number of hydrogen-bond donors (Lipinski definition) is 1. The van der Waals surface area contributed by atoms with Crippen molar-refractivity contribution in [2.75, 3.05) is 13.1 Å². The highest BCUT2D eigenvalue weighted by molar-refractivity contribution is 5.96. The minimum atomic E-state index is -0.112. The molecule has 0 radical (unpaired) electrons. The van der Waals surface area contributed by atoms with Gasteiger partial charge in [-0.2, -0.15) is 0 Å². The second kappa shape index (κ2) is 9.75. The van der Waals surface area contributed by atoms with Gasteiger partial charge in [0.2, 0.25) is 5.88 Å². The van der Waals surface area contributed by atoms with Crippen LogP contribution in [-0.2, 0) is 6.42 Å². The zero-order chi connectivity index (χ0) is 22.5. The largest absolute Gasteiger partial charge is 0.438 e. The highest BCUT2D eigenvalue weighted by Gasteiger charge is 2.42. The summed E-state index contributed by atoms with van der Waals surface area (Å²) in [5.74, 6) is 0.901. The van der Waals surface area contributed by atoms with Crippen molar-refractivity contribution in [3.63, 3.8) is 0 Å². The predicted octanol–water partition coefficient (Wildman–Crippen LogP) is 5.23. The highest BCUT2D eigenvalue weighted by Crippen LogP contribution is 2.39. The van der Waals surface area contributed by atoms with Crippen molar-refractivity contribution in [2.24, 2.45) is 0 Å². The molecule has 1 aliphatic carbocycles. The van der Waals surface area contributed by atoms with Crippen LogP contribution in [0.2, 0.25) is 0 Å². The maximum absolute atomic E-state index is 13.1. The molecule has 2 fully saturated rings. The molecular formula is C28H31N3O2. The molecule has 2 aromatic carbocycles. The zero-order valence-corrected chi connectivity index (χ0v) is 19.0. The first-order valence-corrected chi connectivity index (χ1v) is 12.0. The lowest BCUT2D eigenvalue weighted by atomic mass is 9.73. The van der Waals surface area contributed by atoms with E-state index in [1.165, 1.54) is 25.1 Å². The van der Waals surface area contributed by atoms with Crippen molar-refractivity contribution in [1.82, 2.24) is 15.2 Å². The molecule has 170 valence electrons. The molecule has 1 N–H and O–H groups in total. The number of benzene rings is 2. The second-order valence-corrected chi connectivity index (χ2v) is 9.25. The number of aromatic nitrogens is 1. The number of ether oxygens (including phenoxy) is 1. The first kappa shape index (κ1) is 21.7. The van der Waals surface area contributed by atoms with Crippen molar-refractivity contribution in [3.05, 3.63) is 90.1 Å². The Balaban J connectivity index is 1.24. The van der Waals surface area contributed by atoms with Gasteiger partial charge in [-0.1, -0.05) is 48.5 Å². The van der Waals surface area contributed by atoms with E-state index in [2.05, 4.69) is 45.5 Å². The fourth-order valence-electron chi connectivity index (χ4n) is 5.18. The van der Waals surface area contributed by atoms with E-state index in [9.17, 15) is 4.79 Å². The molecule has 2 heterocycles. The lowest BCUT2D eigenvalue weighted by Gasteiger charge is -2.52. The molecule has 0 atom stereocenters. The van der Waals surface area contributed by atoms with E-state index in [1.54, 1.807) is 18.3 Å². The molecule has 1 aromatic heterocycles. The van der Waals surface area contributed by atoms with Gasteiger partial charge in [-0.05, 0) is 81.4 Å². The van der Waals surface area contributed by atoms with Crippen molar-refractivity contribution in [3.8, 4) is 11.6 Å². The third kappa shape index (κ3) is 4.93. The number of carbonyl (C=O) groups is 1. The van der Waals surface area contributed by atoms with E-state index >= 15 is 0 Å². The molecule has 5 nitrogen and oxygen atoms in total. The summed E-state index contributed by atoms with van der Waals surface area (Å²) in [6.07, 6.45) is 8.23. The lowest BCUT2D eigenvalue weighted by molar-refractivity contribution is -0.00441. The summed E-state index contributed by atoms with van der Waals surface area (Å²) in [6.45, 7) is 2.39.